The van der Waals surface area contributed by atoms with E-state index in [2.05, 4.69) is 5.32 Å². The fourth-order valence-electron chi connectivity index (χ4n) is 4.15. The minimum absolute atomic E-state index is 0.0289. The second kappa shape index (κ2) is 10.8. The minimum atomic E-state index is -4.96. The summed E-state index contributed by atoms with van der Waals surface area (Å²) in [6.45, 7) is 3.27. The van der Waals surface area contributed by atoms with Crippen molar-refractivity contribution in [1.82, 2.24) is 10.6 Å². The number of carbonyl (C=O) groups excluding carboxylic acids is 2. The average molecular weight is 492 g/mol. The first-order chi connectivity index (χ1) is 16.5. The Labute approximate surface area is 200 Å². The first kappa shape index (κ1) is 26.1. The Morgan fingerprint density at radius 1 is 1.00 bits per heavy atom. The van der Waals surface area contributed by atoms with Gasteiger partial charge in [-0.25, -0.2) is 4.79 Å². The molecule has 0 aliphatic heterocycles. The van der Waals surface area contributed by atoms with E-state index in [0.29, 0.717) is 6.42 Å². The van der Waals surface area contributed by atoms with Crippen LogP contribution in [0.15, 0.2) is 48.5 Å². The number of carbonyl (C=O) groups is 3. The molecule has 188 valence electrons. The van der Waals surface area contributed by atoms with Gasteiger partial charge in [-0.3, -0.25) is 9.59 Å². The molecule has 0 radical (unpaired) electrons. The standard InChI is InChI=1S/C25H27F3N2O5/c1-3-14(2)22(23(33)29-20(12-21(31)32)25(26,27)28)30-24(34)35-13-19-17-10-6-4-8-15(17)16-9-5-7-11-18(16)19/h4-11,14,19-20,22H,3,12-13H2,1-2H3,(H,29,33)(H,30,34)(H,31,32)/t14?,20?,22-/m0/s1. The number of ether oxygens (including phenoxy) is 1. The second-order valence-corrected chi connectivity index (χ2v) is 8.53. The number of halogens is 3. The van der Waals surface area contributed by atoms with Crippen LogP contribution in [0.25, 0.3) is 11.1 Å². The molecule has 3 atom stereocenters. The number of alkyl halides is 3. The van der Waals surface area contributed by atoms with Gasteiger partial charge >= 0.3 is 18.2 Å². The SMILES string of the molecule is CCC(C)[C@H](NC(=O)OCC1c2ccccc2-c2ccccc21)C(=O)NC(CC(=O)O)C(F)(F)F. The van der Waals surface area contributed by atoms with Gasteiger partial charge in [-0.05, 0) is 28.2 Å². The molecule has 2 aromatic rings. The summed E-state index contributed by atoms with van der Waals surface area (Å²) in [7, 11) is 0. The van der Waals surface area contributed by atoms with Crippen LogP contribution in [0, 0.1) is 5.92 Å². The van der Waals surface area contributed by atoms with Gasteiger partial charge in [0.2, 0.25) is 5.91 Å². The summed E-state index contributed by atoms with van der Waals surface area (Å²) in [5, 5.41) is 12.9. The number of aliphatic carboxylic acids is 1. The van der Waals surface area contributed by atoms with Crippen molar-refractivity contribution >= 4 is 18.0 Å². The molecule has 0 saturated carbocycles. The maximum absolute atomic E-state index is 13.2. The van der Waals surface area contributed by atoms with Crippen molar-refractivity contribution in [2.24, 2.45) is 5.92 Å². The van der Waals surface area contributed by atoms with E-state index in [9.17, 15) is 27.6 Å². The van der Waals surface area contributed by atoms with Gasteiger partial charge in [0.1, 0.15) is 18.7 Å². The lowest BCUT2D eigenvalue weighted by Crippen LogP contribution is -2.56. The number of fused-ring (bicyclic) bond motifs is 3. The summed E-state index contributed by atoms with van der Waals surface area (Å²) >= 11 is 0. The Morgan fingerprint density at radius 2 is 1.54 bits per heavy atom. The Balaban J connectivity index is 1.69. The zero-order chi connectivity index (χ0) is 25.8. The predicted octanol–water partition coefficient (Wildman–Crippen LogP) is 4.46. The zero-order valence-corrected chi connectivity index (χ0v) is 19.3. The first-order valence-corrected chi connectivity index (χ1v) is 11.2. The number of hydrogen-bond acceptors (Lipinski definition) is 4. The van der Waals surface area contributed by atoms with Gasteiger partial charge in [0.05, 0.1) is 6.42 Å². The lowest BCUT2D eigenvalue weighted by molar-refractivity contribution is -0.170. The summed E-state index contributed by atoms with van der Waals surface area (Å²) in [4.78, 5) is 36.0. The summed E-state index contributed by atoms with van der Waals surface area (Å²) in [5.41, 5.74) is 4.04. The molecule has 2 amide bonds. The Morgan fingerprint density at radius 3 is 2.03 bits per heavy atom. The van der Waals surface area contributed by atoms with Crippen molar-refractivity contribution in [2.45, 2.75) is 50.9 Å². The third-order valence-corrected chi connectivity index (χ3v) is 6.20. The molecule has 0 bridgehead atoms. The van der Waals surface area contributed by atoms with Gasteiger partial charge in [0.15, 0.2) is 0 Å². The van der Waals surface area contributed by atoms with Crippen LogP contribution in [0.2, 0.25) is 0 Å². The third kappa shape index (κ3) is 6.12. The monoisotopic (exact) mass is 492 g/mol. The minimum Gasteiger partial charge on any atom is -0.481 e. The lowest BCUT2D eigenvalue weighted by atomic mass is 9.97. The van der Waals surface area contributed by atoms with Crippen molar-refractivity contribution in [2.75, 3.05) is 6.61 Å². The molecule has 0 fully saturated rings. The second-order valence-electron chi connectivity index (χ2n) is 8.53. The number of amides is 2. The maximum atomic E-state index is 13.2. The molecule has 1 aliphatic carbocycles. The van der Waals surface area contributed by atoms with Gasteiger partial charge in [-0.2, -0.15) is 13.2 Å². The Hall–Kier alpha value is -3.56. The zero-order valence-electron chi connectivity index (χ0n) is 19.3. The molecule has 2 unspecified atom stereocenters. The van der Waals surface area contributed by atoms with E-state index in [-0.39, 0.29) is 12.5 Å². The number of carboxylic acids is 1. The molecule has 0 aromatic heterocycles. The van der Waals surface area contributed by atoms with Crippen LogP contribution in [0.5, 0.6) is 0 Å². The van der Waals surface area contributed by atoms with E-state index in [0.717, 1.165) is 22.3 Å². The molecular weight excluding hydrogens is 465 g/mol. The van der Waals surface area contributed by atoms with Gasteiger partial charge in [0, 0.05) is 5.92 Å². The summed E-state index contributed by atoms with van der Waals surface area (Å²) in [6, 6.07) is 11.5. The van der Waals surface area contributed by atoms with Gasteiger partial charge in [-0.15, -0.1) is 0 Å². The Kier molecular flexibility index (Phi) is 8.03. The van der Waals surface area contributed by atoms with E-state index < -0.39 is 48.6 Å². The number of alkyl carbamates (subject to hydrolysis) is 1. The number of nitrogens with one attached hydrogen (secondary N) is 2. The molecule has 0 saturated heterocycles. The Bertz CT molecular complexity index is 1040. The summed E-state index contributed by atoms with van der Waals surface area (Å²) in [5.74, 6) is -3.60. The average Bonchev–Trinajstić information content (AvgIpc) is 3.13. The number of hydrogen-bond donors (Lipinski definition) is 3. The lowest BCUT2D eigenvalue weighted by Gasteiger charge is -2.27. The molecule has 0 heterocycles. The maximum Gasteiger partial charge on any atom is 0.409 e. The summed E-state index contributed by atoms with van der Waals surface area (Å²) < 4.78 is 45.0. The van der Waals surface area contributed by atoms with E-state index in [1.807, 2.05) is 48.5 Å². The highest BCUT2D eigenvalue weighted by Crippen LogP contribution is 2.44. The molecule has 3 N–H and O–H groups in total. The van der Waals surface area contributed by atoms with E-state index in [1.54, 1.807) is 19.2 Å². The van der Waals surface area contributed by atoms with Gasteiger partial charge in [0.25, 0.3) is 0 Å². The fourth-order valence-corrected chi connectivity index (χ4v) is 4.15. The highest BCUT2D eigenvalue weighted by Gasteiger charge is 2.43. The molecule has 7 nitrogen and oxygen atoms in total. The highest BCUT2D eigenvalue weighted by molar-refractivity contribution is 5.86. The molecule has 10 heteroatoms. The number of rotatable bonds is 9. The van der Waals surface area contributed by atoms with Crippen LogP contribution in [-0.4, -0.2) is 47.9 Å². The van der Waals surface area contributed by atoms with Crippen LogP contribution in [0.1, 0.15) is 43.7 Å². The van der Waals surface area contributed by atoms with E-state index >= 15 is 0 Å². The third-order valence-electron chi connectivity index (χ3n) is 6.20. The molecule has 0 spiro atoms. The largest absolute Gasteiger partial charge is 0.481 e. The molecular formula is C25H27F3N2O5. The van der Waals surface area contributed by atoms with Crippen LogP contribution in [0.4, 0.5) is 18.0 Å². The molecule has 1 aliphatic rings. The molecule has 2 aromatic carbocycles. The van der Waals surface area contributed by atoms with Crippen LogP contribution in [-0.2, 0) is 14.3 Å². The van der Waals surface area contributed by atoms with Crippen molar-refractivity contribution < 1.29 is 37.4 Å². The van der Waals surface area contributed by atoms with E-state index in [4.69, 9.17) is 9.84 Å². The van der Waals surface area contributed by atoms with Crippen molar-refractivity contribution in [1.29, 1.82) is 0 Å². The summed E-state index contributed by atoms with van der Waals surface area (Å²) in [6.07, 6.45) is -6.86. The fraction of sp³-hybridized carbons (Fsp3) is 0.400. The highest BCUT2D eigenvalue weighted by atomic mass is 19.4. The topological polar surface area (TPSA) is 105 Å². The molecule has 3 rings (SSSR count). The predicted molar refractivity (Wildman–Crippen MR) is 122 cm³/mol. The smallest absolute Gasteiger partial charge is 0.409 e. The van der Waals surface area contributed by atoms with Crippen molar-refractivity contribution in [3.05, 3.63) is 59.7 Å². The quantitative estimate of drug-likeness (QED) is 0.479. The number of benzene rings is 2. The van der Waals surface area contributed by atoms with Crippen molar-refractivity contribution in [3.8, 4) is 11.1 Å². The van der Waals surface area contributed by atoms with Crippen molar-refractivity contribution in [3.63, 3.8) is 0 Å². The van der Waals surface area contributed by atoms with Crippen LogP contribution < -0.4 is 10.6 Å². The van der Waals surface area contributed by atoms with Crippen LogP contribution >= 0.6 is 0 Å². The van der Waals surface area contributed by atoms with Gasteiger partial charge < -0.3 is 20.5 Å². The normalized spacial score (nSPS) is 15.3. The van der Waals surface area contributed by atoms with Crippen LogP contribution in [0.3, 0.4) is 0 Å². The molecule has 35 heavy (non-hydrogen) atoms. The first-order valence-electron chi connectivity index (χ1n) is 11.2. The number of carboxylic acid groups (broad SMARTS) is 1. The van der Waals surface area contributed by atoms with E-state index in [1.165, 1.54) is 0 Å². The van der Waals surface area contributed by atoms with Gasteiger partial charge in [-0.1, -0.05) is 68.8 Å².